The van der Waals surface area contributed by atoms with Gasteiger partial charge in [-0.05, 0) is 55.0 Å². The largest absolute Gasteiger partial charge is 0.497 e. The molecule has 0 spiro atoms. The predicted octanol–water partition coefficient (Wildman–Crippen LogP) is 4.51. The van der Waals surface area contributed by atoms with Crippen LogP contribution in [0, 0.1) is 6.92 Å². The van der Waals surface area contributed by atoms with Gasteiger partial charge in [0.2, 0.25) is 0 Å². The standard InChI is InChI=1S/C23H20N4O2/c1-16-7-6-14-27-22(16)26-21(25-18-10-12-19(29-2)13-11-18)20(23(27)28)15-24-17-8-4-3-5-9-17/h3-15,25H,1-2H3. The molecule has 0 atom stereocenters. The Balaban J connectivity index is 1.84. The van der Waals surface area contributed by atoms with Gasteiger partial charge >= 0.3 is 0 Å². The molecule has 6 nitrogen and oxygen atoms in total. The molecule has 0 unspecified atom stereocenters. The molecule has 4 rings (SSSR count). The Morgan fingerprint density at radius 1 is 1.03 bits per heavy atom. The second-order valence-corrected chi connectivity index (χ2v) is 6.51. The van der Waals surface area contributed by atoms with Gasteiger partial charge in [0.1, 0.15) is 22.8 Å². The topological polar surface area (TPSA) is 68.0 Å². The van der Waals surface area contributed by atoms with Gasteiger partial charge in [-0.3, -0.25) is 14.2 Å². The number of benzene rings is 2. The number of rotatable bonds is 5. The number of ether oxygens (including phenoxy) is 1. The van der Waals surface area contributed by atoms with Crippen molar-refractivity contribution in [1.82, 2.24) is 9.38 Å². The lowest BCUT2D eigenvalue weighted by Gasteiger charge is -2.12. The SMILES string of the molecule is COc1ccc(Nc2nc3c(C)cccn3c(=O)c2C=Nc2ccccc2)cc1. The van der Waals surface area contributed by atoms with Crippen LogP contribution in [0.3, 0.4) is 0 Å². The second-order valence-electron chi connectivity index (χ2n) is 6.51. The van der Waals surface area contributed by atoms with Crippen LogP contribution in [0.25, 0.3) is 5.65 Å². The number of anilines is 2. The number of methoxy groups -OCH3 is 1. The number of para-hydroxylation sites is 1. The van der Waals surface area contributed by atoms with Gasteiger partial charge in [0.25, 0.3) is 5.56 Å². The molecule has 29 heavy (non-hydrogen) atoms. The molecule has 2 aromatic carbocycles. The normalized spacial score (nSPS) is 11.1. The van der Waals surface area contributed by atoms with E-state index >= 15 is 0 Å². The number of aryl methyl sites for hydroxylation is 1. The quantitative estimate of drug-likeness (QED) is 0.514. The van der Waals surface area contributed by atoms with Gasteiger partial charge in [0.05, 0.1) is 12.8 Å². The summed E-state index contributed by atoms with van der Waals surface area (Å²) in [6.45, 7) is 1.93. The molecule has 2 aromatic heterocycles. The summed E-state index contributed by atoms with van der Waals surface area (Å²) < 4.78 is 6.75. The number of aliphatic imine (C=N–C) groups is 1. The van der Waals surface area contributed by atoms with Crippen molar-refractivity contribution < 1.29 is 4.74 Å². The molecule has 0 aliphatic heterocycles. The maximum absolute atomic E-state index is 13.2. The predicted molar refractivity (Wildman–Crippen MR) is 116 cm³/mol. The van der Waals surface area contributed by atoms with Crippen molar-refractivity contribution in [2.45, 2.75) is 6.92 Å². The molecule has 0 saturated heterocycles. The van der Waals surface area contributed by atoms with Crippen LogP contribution in [0.2, 0.25) is 0 Å². The zero-order chi connectivity index (χ0) is 20.2. The Morgan fingerprint density at radius 3 is 2.52 bits per heavy atom. The van der Waals surface area contributed by atoms with Crippen molar-refractivity contribution >= 4 is 29.1 Å². The molecule has 0 aliphatic rings. The zero-order valence-electron chi connectivity index (χ0n) is 16.2. The monoisotopic (exact) mass is 384 g/mol. The molecule has 0 saturated carbocycles. The van der Waals surface area contributed by atoms with Crippen molar-refractivity contribution in [3.05, 3.63) is 94.4 Å². The molecular formula is C23H20N4O2. The van der Waals surface area contributed by atoms with Crippen molar-refractivity contribution in [1.29, 1.82) is 0 Å². The molecule has 4 aromatic rings. The van der Waals surface area contributed by atoms with E-state index in [9.17, 15) is 4.79 Å². The van der Waals surface area contributed by atoms with Gasteiger partial charge in [-0.2, -0.15) is 0 Å². The summed E-state index contributed by atoms with van der Waals surface area (Å²) in [4.78, 5) is 22.4. The van der Waals surface area contributed by atoms with E-state index in [-0.39, 0.29) is 5.56 Å². The molecule has 0 radical (unpaired) electrons. The summed E-state index contributed by atoms with van der Waals surface area (Å²) >= 11 is 0. The Labute approximate surface area is 168 Å². The number of aromatic nitrogens is 2. The van der Waals surface area contributed by atoms with E-state index in [0.717, 1.165) is 22.7 Å². The summed E-state index contributed by atoms with van der Waals surface area (Å²) in [6, 6.07) is 20.7. The van der Waals surface area contributed by atoms with Gasteiger partial charge < -0.3 is 10.1 Å². The maximum Gasteiger partial charge on any atom is 0.268 e. The highest BCUT2D eigenvalue weighted by Crippen LogP contribution is 2.21. The highest BCUT2D eigenvalue weighted by Gasteiger charge is 2.13. The first kappa shape index (κ1) is 18.4. The highest BCUT2D eigenvalue weighted by molar-refractivity contribution is 5.89. The van der Waals surface area contributed by atoms with Crippen molar-refractivity contribution in [3.8, 4) is 5.75 Å². The van der Waals surface area contributed by atoms with Gasteiger partial charge in [-0.25, -0.2) is 4.98 Å². The molecule has 1 N–H and O–H groups in total. The Morgan fingerprint density at radius 2 is 1.79 bits per heavy atom. The zero-order valence-corrected chi connectivity index (χ0v) is 16.2. The Hall–Kier alpha value is -3.93. The number of hydrogen-bond acceptors (Lipinski definition) is 5. The van der Waals surface area contributed by atoms with Gasteiger partial charge in [-0.1, -0.05) is 24.3 Å². The minimum absolute atomic E-state index is 0.186. The first-order valence-electron chi connectivity index (χ1n) is 9.18. The van der Waals surface area contributed by atoms with Crippen molar-refractivity contribution in [2.75, 3.05) is 12.4 Å². The second kappa shape index (κ2) is 7.98. The number of nitrogens with zero attached hydrogens (tertiary/aromatic N) is 3. The third kappa shape index (κ3) is 3.87. The van der Waals surface area contributed by atoms with Crippen LogP contribution in [0.5, 0.6) is 5.75 Å². The fourth-order valence-corrected chi connectivity index (χ4v) is 2.99. The van der Waals surface area contributed by atoms with Crippen LogP contribution in [0.15, 0.2) is 82.7 Å². The van der Waals surface area contributed by atoms with E-state index in [1.54, 1.807) is 23.9 Å². The van der Waals surface area contributed by atoms with E-state index in [1.165, 1.54) is 0 Å². The molecule has 0 aliphatic carbocycles. The van der Waals surface area contributed by atoms with Crippen LogP contribution >= 0.6 is 0 Å². The average molecular weight is 384 g/mol. The third-order valence-electron chi connectivity index (χ3n) is 4.54. The molecule has 0 fully saturated rings. The smallest absolute Gasteiger partial charge is 0.268 e. The third-order valence-corrected chi connectivity index (χ3v) is 4.54. The lowest BCUT2D eigenvalue weighted by molar-refractivity contribution is 0.415. The Bertz CT molecular complexity index is 1230. The molecule has 0 bridgehead atoms. The number of fused-ring (bicyclic) bond motifs is 1. The maximum atomic E-state index is 13.2. The van der Waals surface area contributed by atoms with E-state index in [2.05, 4.69) is 10.3 Å². The molecule has 0 amide bonds. The summed E-state index contributed by atoms with van der Waals surface area (Å²) in [6.07, 6.45) is 3.28. The highest BCUT2D eigenvalue weighted by atomic mass is 16.5. The Kier molecular flexibility index (Phi) is 5.07. The molecule has 6 heteroatoms. The van der Waals surface area contributed by atoms with Crippen LogP contribution in [-0.2, 0) is 0 Å². The van der Waals surface area contributed by atoms with Gasteiger partial charge in [-0.15, -0.1) is 0 Å². The molecule has 144 valence electrons. The fraction of sp³-hybridized carbons (Fsp3) is 0.0870. The van der Waals surface area contributed by atoms with E-state index in [1.807, 2.05) is 73.7 Å². The van der Waals surface area contributed by atoms with Crippen LogP contribution < -0.4 is 15.6 Å². The van der Waals surface area contributed by atoms with E-state index in [4.69, 9.17) is 9.72 Å². The molecular weight excluding hydrogens is 364 g/mol. The van der Waals surface area contributed by atoms with Crippen LogP contribution in [0.4, 0.5) is 17.2 Å². The number of hydrogen-bond donors (Lipinski definition) is 1. The van der Waals surface area contributed by atoms with Gasteiger partial charge in [0, 0.05) is 18.1 Å². The van der Waals surface area contributed by atoms with Crippen molar-refractivity contribution in [3.63, 3.8) is 0 Å². The van der Waals surface area contributed by atoms with E-state index < -0.39 is 0 Å². The number of nitrogens with one attached hydrogen (secondary N) is 1. The average Bonchev–Trinajstić information content (AvgIpc) is 2.75. The number of pyridine rings is 1. The van der Waals surface area contributed by atoms with Crippen LogP contribution in [-0.4, -0.2) is 22.7 Å². The summed E-state index contributed by atoms with van der Waals surface area (Å²) in [5.74, 6) is 1.21. The first-order valence-corrected chi connectivity index (χ1v) is 9.18. The van der Waals surface area contributed by atoms with Crippen molar-refractivity contribution in [2.24, 2.45) is 4.99 Å². The summed E-state index contributed by atoms with van der Waals surface area (Å²) in [5, 5.41) is 3.25. The lowest BCUT2D eigenvalue weighted by atomic mass is 10.2. The minimum atomic E-state index is -0.186. The van der Waals surface area contributed by atoms with Crippen LogP contribution in [0.1, 0.15) is 11.1 Å². The fourth-order valence-electron chi connectivity index (χ4n) is 2.99. The summed E-state index contributed by atoms with van der Waals surface area (Å²) in [7, 11) is 1.62. The van der Waals surface area contributed by atoms with E-state index in [0.29, 0.717) is 17.0 Å². The van der Waals surface area contributed by atoms with Gasteiger partial charge in [0.15, 0.2) is 0 Å². The minimum Gasteiger partial charge on any atom is -0.497 e. The first-order chi connectivity index (χ1) is 14.2. The molecule has 2 heterocycles. The lowest BCUT2D eigenvalue weighted by Crippen LogP contribution is -2.22. The summed E-state index contributed by atoms with van der Waals surface area (Å²) in [5.41, 5.74) is 3.27.